The van der Waals surface area contributed by atoms with Gasteiger partial charge in [0.1, 0.15) is 0 Å². The van der Waals surface area contributed by atoms with Crippen LogP contribution in [0, 0.1) is 22.7 Å². The van der Waals surface area contributed by atoms with Crippen LogP contribution in [0.5, 0.6) is 0 Å². The molecule has 0 N–H and O–H groups in total. The van der Waals surface area contributed by atoms with Crippen LogP contribution >= 0.6 is 0 Å². The van der Waals surface area contributed by atoms with E-state index in [0.29, 0.717) is 0 Å². The van der Waals surface area contributed by atoms with Gasteiger partial charge in [0.05, 0.1) is 17.1 Å². The molecular weight excluding hydrogens is 406 g/mol. The first-order valence-electron chi connectivity index (χ1n) is 10.5. The van der Waals surface area contributed by atoms with Gasteiger partial charge in [0.2, 0.25) is 10.0 Å². The third-order valence-corrected chi connectivity index (χ3v) is 8.35. The molecule has 31 heavy (non-hydrogen) atoms. The van der Waals surface area contributed by atoms with Crippen molar-refractivity contribution in [3.05, 3.63) is 96.3 Å². The van der Waals surface area contributed by atoms with Gasteiger partial charge in [-0.05, 0) is 36.1 Å². The molecule has 3 aliphatic rings. The molecule has 0 unspecified atom stereocenters. The van der Waals surface area contributed by atoms with E-state index in [1.165, 1.54) is 10.6 Å². The standard InChI is InChI=1S/C26H25NO3S/c1-25-20-14-16-27(31(3,29)30)17-15-21(20)26(2,24(25)28)23(19-12-8-5-9-13-19)22(25)18-10-6-4-7-11-18/h4-17,20-21H,1-3H3/t20-,21-,25-,26+/m1/s1. The number of nitrogens with zero attached hydrogens (tertiary/aromatic N) is 1. The second kappa shape index (κ2) is 6.54. The van der Waals surface area contributed by atoms with Gasteiger partial charge in [-0.2, -0.15) is 0 Å². The Balaban J connectivity index is 1.81. The molecule has 1 aliphatic heterocycles. The van der Waals surface area contributed by atoms with Crippen molar-refractivity contribution in [2.45, 2.75) is 13.8 Å². The van der Waals surface area contributed by atoms with Gasteiger partial charge >= 0.3 is 0 Å². The second-order valence-corrected chi connectivity index (χ2v) is 10.9. The van der Waals surface area contributed by atoms with Crippen molar-refractivity contribution < 1.29 is 13.2 Å². The lowest BCUT2D eigenvalue weighted by Crippen LogP contribution is -2.31. The molecule has 0 radical (unpaired) electrons. The minimum atomic E-state index is -3.42. The number of hydrogen-bond acceptors (Lipinski definition) is 3. The molecule has 0 saturated heterocycles. The van der Waals surface area contributed by atoms with E-state index in [-0.39, 0.29) is 17.6 Å². The van der Waals surface area contributed by atoms with Gasteiger partial charge in [0.25, 0.3) is 0 Å². The molecule has 2 aromatic carbocycles. The molecule has 2 aliphatic carbocycles. The molecule has 1 heterocycles. The lowest BCUT2D eigenvalue weighted by Gasteiger charge is -2.39. The van der Waals surface area contributed by atoms with E-state index in [2.05, 4.69) is 24.3 Å². The Morgan fingerprint density at radius 2 is 1.13 bits per heavy atom. The molecule has 2 bridgehead atoms. The minimum Gasteiger partial charge on any atom is -0.298 e. The monoisotopic (exact) mass is 431 g/mol. The third-order valence-electron chi connectivity index (χ3n) is 7.34. The number of sulfonamides is 1. The van der Waals surface area contributed by atoms with Gasteiger partial charge < -0.3 is 0 Å². The molecule has 4 nitrogen and oxygen atoms in total. The summed E-state index contributed by atoms with van der Waals surface area (Å²) < 4.78 is 25.6. The van der Waals surface area contributed by atoms with Crippen LogP contribution in [0.25, 0.3) is 11.1 Å². The Morgan fingerprint density at radius 1 is 0.742 bits per heavy atom. The van der Waals surface area contributed by atoms with Gasteiger partial charge in [0.15, 0.2) is 5.78 Å². The number of rotatable bonds is 3. The predicted octanol–water partition coefficient (Wildman–Crippen LogP) is 4.74. The van der Waals surface area contributed by atoms with Crippen LogP contribution in [-0.4, -0.2) is 24.8 Å². The summed E-state index contributed by atoms with van der Waals surface area (Å²) in [5.74, 6) is -0.0545. The fourth-order valence-electron chi connectivity index (χ4n) is 5.99. The number of fused-ring (bicyclic) bond motifs is 5. The molecule has 0 amide bonds. The van der Waals surface area contributed by atoms with Crippen LogP contribution in [0.2, 0.25) is 0 Å². The maximum Gasteiger partial charge on any atom is 0.235 e. The van der Waals surface area contributed by atoms with E-state index in [4.69, 9.17) is 0 Å². The maximum atomic E-state index is 14.1. The molecule has 1 saturated carbocycles. The first-order chi connectivity index (χ1) is 14.7. The molecule has 2 aromatic rings. The zero-order valence-electron chi connectivity index (χ0n) is 17.8. The highest BCUT2D eigenvalue weighted by Crippen LogP contribution is 2.72. The SMILES string of the molecule is C[C@]12C(=O)[C@](C)(C(c3ccccc3)=C1c1ccccc1)[C@@H]1C=CN(S(C)(=O)=O)C=C[C@H]12. The van der Waals surface area contributed by atoms with Crippen LogP contribution in [0.1, 0.15) is 25.0 Å². The summed E-state index contributed by atoms with van der Waals surface area (Å²) in [6.07, 6.45) is 8.22. The summed E-state index contributed by atoms with van der Waals surface area (Å²) in [5, 5.41) is 0. The van der Waals surface area contributed by atoms with Crippen LogP contribution in [0.3, 0.4) is 0 Å². The van der Waals surface area contributed by atoms with Crippen molar-refractivity contribution in [3.8, 4) is 0 Å². The molecule has 5 rings (SSSR count). The summed E-state index contributed by atoms with van der Waals surface area (Å²) in [6.45, 7) is 4.07. The Hall–Kier alpha value is -2.92. The highest BCUT2D eigenvalue weighted by atomic mass is 32.2. The largest absolute Gasteiger partial charge is 0.298 e. The van der Waals surface area contributed by atoms with E-state index >= 15 is 0 Å². The fraction of sp³-hybridized carbons (Fsp3) is 0.269. The Kier molecular flexibility index (Phi) is 4.22. The van der Waals surface area contributed by atoms with E-state index in [0.717, 1.165) is 22.3 Å². The molecule has 0 spiro atoms. The second-order valence-electron chi connectivity index (χ2n) is 9.04. The molecule has 0 aromatic heterocycles. The quantitative estimate of drug-likeness (QED) is 0.705. The smallest absolute Gasteiger partial charge is 0.235 e. The lowest BCUT2D eigenvalue weighted by molar-refractivity contribution is -0.127. The van der Waals surface area contributed by atoms with Crippen molar-refractivity contribution >= 4 is 27.0 Å². The average molecular weight is 432 g/mol. The van der Waals surface area contributed by atoms with E-state index in [9.17, 15) is 13.2 Å². The summed E-state index contributed by atoms with van der Waals surface area (Å²) in [4.78, 5) is 14.1. The van der Waals surface area contributed by atoms with Gasteiger partial charge in [-0.25, -0.2) is 8.42 Å². The van der Waals surface area contributed by atoms with Crippen LogP contribution in [0.15, 0.2) is 85.2 Å². The topological polar surface area (TPSA) is 54.5 Å². The number of carbonyl (C=O) groups excluding carboxylic acids is 1. The van der Waals surface area contributed by atoms with Crippen molar-refractivity contribution in [1.29, 1.82) is 0 Å². The Bertz CT molecular complexity index is 1180. The van der Waals surface area contributed by atoms with E-state index < -0.39 is 20.9 Å². The number of Topliss-reactive ketones (excluding diaryl/α,β-unsaturated/α-hetero) is 1. The molecule has 4 atom stereocenters. The highest BCUT2D eigenvalue weighted by Gasteiger charge is 2.70. The van der Waals surface area contributed by atoms with Gasteiger partial charge in [-0.15, -0.1) is 0 Å². The van der Waals surface area contributed by atoms with Gasteiger partial charge in [-0.3, -0.25) is 9.10 Å². The first kappa shape index (κ1) is 20.0. The van der Waals surface area contributed by atoms with Crippen molar-refractivity contribution in [3.63, 3.8) is 0 Å². The normalized spacial score (nSPS) is 31.8. The third kappa shape index (κ3) is 2.59. The zero-order valence-corrected chi connectivity index (χ0v) is 18.6. The number of ketones is 1. The van der Waals surface area contributed by atoms with Crippen LogP contribution in [0.4, 0.5) is 0 Å². The number of hydrogen-bond donors (Lipinski definition) is 0. The summed E-state index contributed by atoms with van der Waals surface area (Å²) >= 11 is 0. The van der Waals surface area contributed by atoms with Crippen molar-refractivity contribution in [2.24, 2.45) is 22.7 Å². The van der Waals surface area contributed by atoms with Crippen molar-refractivity contribution in [2.75, 3.05) is 6.26 Å². The van der Waals surface area contributed by atoms with Gasteiger partial charge in [-0.1, -0.05) is 72.8 Å². The lowest BCUT2D eigenvalue weighted by atomic mass is 9.62. The van der Waals surface area contributed by atoms with E-state index in [1.54, 1.807) is 12.4 Å². The average Bonchev–Trinajstić information content (AvgIpc) is 2.95. The van der Waals surface area contributed by atoms with Crippen LogP contribution < -0.4 is 0 Å². The number of carbonyl (C=O) groups is 1. The molecular formula is C26H25NO3S. The van der Waals surface area contributed by atoms with Gasteiger partial charge in [0, 0.05) is 24.2 Å². The number of allylic oxidation sites excluding steroid dienone is 4. The molecule has 1 fully saturated rings. The fourth-order valence-corrected chi connectivity index (χ4v) is 6.57. The van der Waals surface area contributed by atoms with Crippen LogP contribution in [-0.2, 0) is 14.8 Å². The highest BCUT2D eigenvalue weighted by molar-refractivity contribution is 7.88. The summed E-state index contributed by atoms with van der Waals surface area (Å²) in [6, 6.07) is 20.2. The van der Waals surface area contributed by atoms with Crippen molar-refractivity contribution in [1.82, 2.24) is 4.31 Å². The zero-order chi connectivity index (χ0) is 22.0. The number of benzene rings is 2. The first-order valence-corrected chi connectivity index (χ1v) is 12.3. The van der Waals surface area contributed by atoms with E-state index in [1.807, 2.05) is 62.4 Å². The Morgan fingerprint density at radius 3 is 1.48 bits per heavy atom. The maximum absolute atomic E-state index is 14.1. The molecule has 5 heteroatoms. The predicted molar refractivity (Wildman–Crippen MR) is 123 cm³/mol. The summed E-state index contributed by atoms with van der Waals surface area (Å²) in [5.41, 5.74) is 2.69. The minimum absolute atomic E-state index is 0.129. The molecule has 158 valence electrons. The Labute approximate surface area is 183 Å². The summed E-state index contributed by atoms with van der Waals surface area (Å²) in [7, 11) is -3.42.